The number of carbonyl (C=O) groups is 1. The maximum Gasteiger partial charge on any atom is 0.226 e. The monoisotopic (exact) mass is 448 g/mol. The molecule has 0 spiro atoms. The number of amides is 1. The van der Waals surface area contributed by atoms with Crippen molar-refractivity contribution in [3.05, 3.63) is 59.7 Å². The molecular formula is C23H26F2N2O3S. The number of halogens is 2. The van der Waals surface area contributed by atoms with Gasteiger partial charge < -0.3 is 4.90 Å². The average Bonchev–Trinajstić information content (AvgIpc) is 3.47. The SMILES string of the molecule is CCS(=O)(=O)NC(C)[C@H]1CCN1C(=O)[C@@H]1C[C@H]1c1ccccc1-c1c(F)cccc1F. The third-order valence-corrected chi connectivity index (χ3v) is 7.86. The summed E-state index contributed by atoms with van der Waals surface area (Å²) in [6.45, 7) is 3.94. The third kappa shape index (κ3) is 4.23. The van der Waals surface area contributed by atoms with Gasteiger partial charge in [-0.1, -0.05) is 30.3 Å². The van der Waals surface area contributed by atoms with Crippen LogP contribution in [0.4, 0.5) is 8.78 Å². The Bertz CT molecular complexity index is 1090. The molecule has 4 atom stereocenters. The Kier molecular flexibility index (Phi) is 5.87. The van der Waals surface area contributed by atoms with E-state index < -0.39 is 21.7 Å². The minimum Gasteiger partial charge on any atom is -0.338 e. The number of hydrogen-bond acceptors (Lipinski definition) is 3. The fourth-order valence-corrected chi connectivity index (χ4v) is 5.36. The molecule has 5 nitrogen and oxygen atoms in total. The number of benzene rings is 2. The fourth-order valence-electron chi connectivity index (χ4n) is 4.47. The van der Waals surface area contributed by atoms with E-state index in [0.717, 1.165) is 12.0 Å². The highest BCUT2D eigenvalue weighted by Gasteiger charge is 2.50. The number of likely N-dealkylation sites (tertiary alicyclic amines) is 1. The quantitative estimate of drug-likeness (QED) is 0.703. The molecule has 0 bridgehead atoms. The predicted molar refractivity (Wildman–Crippen MR) is 115 cm³/mol. The van der Waals surface area contributed by atoms with E-state index in [2.05, 4.69) is 4.72 Å². The number of nitrogens with one attached hydrogen (secondary N) is 1. The first kappa shape index (κ1) is 21.9. The van der Waals surface area contributed by atoms with E-state index in [1.165, 1.54) is 18.2 Å². The molecule has 4 rings (SSSR count). The van der Waals surface area contributed by atoms with Crippen molar-refractivity contribution in [3.63, 3.8) is 0 Å². The van der Waals surface area contributed by atoms with Gasteiger partial charge in [0.15, 0.2) is 0 Å². The predicted octanol–water partition coefficient (Wildman–Crippen LogP) is 3.66. The van der Waals surface area contributed by atoms with Gasteiger partial charge in [-0.15, -0.1) is 0 Å². The Morgan fingerprint density at radius 2 is 1.84 bits per heavy atom. The van der Waals surface area contributed by atoms with Crippen molar-refractivity contribution in [2.75, 3.05) is 12.3 Å². The Balaban J connectivity index is 1.51. The van der Waals surface area contributed by atoms with Gasteiger partial charge in [-0.2, -0.15) is 0 Å². The summed E-state index contributed by atoms with van der Waals surface area (Å²) in [6, 6.07) is 10.3. The highest BCUT2D eigenvalue weighted by Crippen LogP contribution is 2.52. The summed E-state index contributed by atoms with van der Waals surface area (Å²) < 4.78 is 55.1. The largest absolute Gasteiger partial charge is 0.338 e. The molecule has 2 aromatic carbocycles. The first-order valence-corrected chi connectivity index (χ1v) is 12.2. The van der Waals surface area contributed by atoms with Gasteiger partial charge in [0, 0.05) is 24.5 Å². The summed E-state index contributed by atoms with van der Waals surface area (Å²) in [6.07, 6.45) is 1.36. The molecule has 1 aliphatic carbocycles. The molecular weight excluding hydrogens is 422 g/mol. The van der Waals surface area contributed by atoms with Crippen LogP contribution in [0.5, 0.6) is 0 Å². The van der Waals surface area contributed by atoms with E-state index in [-0.39, 0.29) is 41.1 Å². The summed E-state index contributed by atoms with van der Waals surface area (Å²) in [7, 11) is -3.35. The van der Waals surface area contributed by atoms with E-state index in [1.807, 2.05) is 12.1 Å². The maximum atomic E-state index is 14.4. The summed E-state index contributed by atoms with van der Waals surface area (Å²) in [5.41, 5.74) is 1.17. The zero-order chi connectivity index (χ0) is 22.3. The summed E-state index contributed by atoms with van der Waals surface area (Å²) >= 11 is 0. The molecule has 2 aromatic rings. The minimum absolute atomic E-state index is 0.00784. The molecule has 1 unspecified atom stereocenters. The molecule has 1 amide bonds. The van der Waals surface area contributed by atoms with Crippen LogP contribution in [-0.4, -0.2) is 43.6 Å². The molecule has 1 N–H and O–H groups in total. The minimum atomic E-state index is -3.35. The molecule has 31 heavy (non-hydrogen) atoms. The van der Waals surface area contributed by atoms with Crippen LogP contribution < -0.4 is 4.72 Å². The second kappa shape index (κ2) is 8.31. The van der Waals surface area contributed by atoms with Gasteiger partial charge in [-0.05, 0) is 55.9 Å². The Morgan fingerprint density at radius 1 is 1.16 bits per heavy atom. The van der Waals surface area contributed by atoms with Crippen molar-refractivity contribution < 1.29 is 22.0 Å². The molecule has 8 heteroatoms. The van der Waals surface area contributed by atoms with Crippen molar-refractivity contribution >= 4 is 15.9 Å². The van der Waals surface area contributed by atoms with Crippen LogP contribution >= 0.6 is 0 Å². The molecule has 1 saturated carbocycles. The van der Waals surface area contributed by atoms with Gasteiger partial charge in [0.05, 0.1) is 11.3 Å². The molecule has 0 aromatic heterocycles. The molecule has 0 radical (unpaired) electrons. The number of rotatable bonds is 7. The van der Waals surface area contributed by atoms with Crippen LogP contribution in [-0.2, 0) is 14.8 Å². The van der Waals surface area contributed by atoms with Crippen molar-refractivity contribution in [1.29, 1.82) is 0 Å². The van der Waals surface area contributed by atoms with E-state index >= 15 is 0 Å². The van der Waals surface area contributed by atoms with Crippen LogP contribution in [0.1, 0.15) is 38.2 Å². The average molecular weight is 449 g/mol. The van der Waals surface area contributed by atoms with Crippen molar-refractivity contribution in [3.8, 4) is 11.1 Å². The summed E-state index contributed by atoms with van der Waals surface area (Å²) in [5, 5.41) is 0. The van der Waals surface area contributed by atoms with Crippen LogP contribution in [0, 0.1) is 17.6 Å². The maximum absolute atomic E-state index is 14.4. The standard InChI is InChI=1S/C23H26F2N2O3S/c1-3-31(29,30)26-14(2)21-11-12-27(21)23(28)18-13-17(18)15-7-4-5-8-16(15)22-19(24)9-6-10-20(22)25/h4-10,14,17-18,21,26H,3,11-13H2,1-2H3/t14?,17-,18+,21+/m0/s1. The summed E-state index contributed by atoms with van der Waals surface area (Å²) in [4.78, 5) is 14.8. The zero-order valence-electron chi connectivity index (χ0n) is 17.5. The normalized spacial score (nSPS) is 23.9. The molecule has 2 aliphatic rings. The fraction of sp³-hybridized carbons (Fsp3) is 0.435. The Hall–Kier alpha value is -2.32. The summed E-state index contributed by atoms with van der Waals surface area (Å²) in [5.74, 6) is -1.65. The molecule has 1 saturated heterocycles. The number of nitrogens with zero attached hydrogens (tertiary/aromatic N) is 1. The van der Waals surface area contributed by atoms with E-state index in [9.17, 15) is 22.0 Å². The highest BCUT2D eigenvalue weighted by atomic mass is 32.2. The van der Waals surface area contributed by atoms with Gasteiger partial charge >= 0.3 is 0 Å². The highest BCUT2D eigenvalue weighted by molar-refractivity contribution is 7.89. The van der Waals surface area contributed by atoms with Crippen LogP contribution in [0.15, 0.2) is 42.5 Å². The Labute approximate surface area is 181 Å². The second-order valence-corrected chi connectivity index (χ2v) is 10.4. The zero-order valence-corrected chi connectivity index (χ0v) is 18.3. The lowest BCUT2D eigenvalue weighted by atomic mass is 9.93. The lowest BCUT2D eigenvalue weighted by Gasteiger charge is -2.44. The first-order chi connectivity index (χ1) is 14.7. The number of hydrogen-bond donors (Lipinski definition) is 1. The molecule has 2 fully saturated rings. The second-order valence-electron chi connectivity index (χ2n) is 8.33. The van der Waals surface area contributed by atoms with Crippen LogP contribution in [0.3, 0.4) is 0 Å². The van der Waals surface area contributed by atoms with E-state index in [4.69, 9.17) is 0 Å². The smallest absolute Gasteiger partial charge is 0.226 e. The van der Waals surface area contributed by atoms with Crippen molar-refractivity contribution in [2.24, 2.45) is 5.92 Å². The first-order valence-electron chi connectivity index (χ1n) is 10.6. The number of sulfonamides is 1. The molecule has 1 aliphatic heterocycles. The number of carbonyl (C=O) groups excluding carboxylic acids is 1. The van der Waals surface area contributed by atoms with E-state index in [0.29, 0.717) is 18.5 Å². The van der Waals surface area contributed by atoms with Crippen LogP contribution in [0.2, 0.25) is 0 Å². The van der Waals surface area contributed by atoms with Crippen molar-refractivity contribution in [2.45, 2.75) is 44.7 Å². The lowest BCUT2D eigenvalue weighted by Crippen LogP contribution is -2.60. The van der Waals surface area contributed by atoms with Gasteiger partial charge in [-0.3, -0.25) is 4.79 Å². The third-order valence-electron chi connectivity index (χ3n) is 6.37. The molecule has 166 valence electrons. The van der Waals surface area contributed by atoms with Crippen LogP contribution in [0.25, 0.3) is 11.1 Å². The van der Waals surface area contributed by atoms with Gasteiger partial charge in [0.1, 0.15) is 11.6 Å². The lowest BCUT2D eigenvalue weighted by molar-refractivity contribution is -0.141. The van der Waals surface area contributed by atoms with Gasteiger partial charge in [0.25, 0.3) is 0 Å². The van der Waals surface area contributed by atoms with Gasteiger partial charge in [0.2, 0.25) is 15.9 Å². The van der Waals surface area contributed by atoms with E-state index in [1.54, 1.807) is 30.9 Å². The molecule has 1 heterocycles. The van der Waals surface area contributed by atoms with Gasteiger partial charge in [-0.25, -0.2) is 21.9 Å². The Morgan fingerprint density at radius 3 is 2.45 bits per heavy atom. The topological polar surface area (TPSA) is 66.5 Å². The van der Waals surface area contributed by atoms with Crippen molar-refractivity contribution in [1.82, 2.24) is 9.62 Å².